The second kappa shape index (κ2) is 11.4. The van der Waals surface area contributed by atoms with Crippen molar-refractivity contribution < 1.29 is 38.8 Å². The molecule has 1 fully saturated rings. The van der Waals surface area contributed by atoms with Gasteiger partial charge in [0, 0.05) is 22.0 Å². The normalized spacial score (nSPS) is 19.3. The molecule has 2 aliphatic heterocycles. The van der Waals surface area contributed by atoms with Gasteiger partial charge in [-0.25, -0.2) is 14.3 Å². The third kappa shape index (κ3) is 5.42. The van der Waals surface area contributed by atoms with Crippen molar-refractivity contribution in [3.8, 4) is 0 Å². The molecule has 3 atom stereocenters. The van der Waals surface area contributed by atoms with E-state index >= 15 is 0 Å². The van der Waals surface area contributed by atoms with Gasteiger partial charge in [-0.1, -0.05) is 16.9 Å². The molecule has 2 amide bonds. The number of hydrogen-bond acceptors (Lipinski definition) is 15. The Labute approximate surface area is 248 Å². The maximum atomic E-state index is 13.1. The van der Waals surface area contributed by atoms with Crippen LogP contribution < -0.4 is 26.5 Å². The summed E-state index contributed by atoms with van der Waals surface area (Å²) < 4.78 is 3.32. The van der Waals surface area contributed by atoms with Gasteiger partial charge in [-0.2, -0.15) is 4.98 Å². The molecule has 1 unspecified atom stereocenters. The summed E-state index contributed by atoms with van der Waals surface area (Å²) in [4.78, 5) is 63.8. The summed E-state index contributed by atoms with van der Waals surface area (Å²) in [6.45, 7) is 1.22. The van der Waals surface area contributed by atoms with Gasteiger partial charge >= 0.3 is 5.97 Å². The molecule has 20 heteroatoms. The Bertz CT molecular complexity index is 1690. The van der Waals surface area contributed by atoms with Crippen LogP contribution in [-0.2, 0) is 31.1 Å². The zero-order chi connectivity index (χ0) is 30.3. The van der Waals surface area contributed by atoms with Gasteiger partial charge in [0.1, 0.15) is 22.9 Å². The lowest BCUT2D eigenvalue weighted by Crippen LogP contribution is -2.71. The number of aliphatic carboxylic acids is 2. The third-order valence-electron chi connectivity index (χ3n) is 6.13. The Hall–Kier alpha value is -4.43. The highest BCUT2D eigenvalue weighted by molar-refractivity contribution is 8.01. The molecule has 0 saturated carbocycles. The highest BCUT2D eigenvalue weighted by Gasteiger charge is 2.53. The third-order valence-corrected chi connectivity index (χ3v) is 9.16. The average molecular weight is 635 g/mol. The maximum absolute atomic E-state index is 13.1. The predicted molar refractivity (Wildman–Crippen MR) is 148 cm³/mol. The number of nitrogen functional groups attached to an aromatic ring is 2. The van der Waals surface area contributed by atoms with E-state index in [4.69, 9.17) is 21.4 Å². The highest BCUT2D eigenvalue weighted by Crippen LogP contribution is 2.41. The summed E-state index contributed by atoms with van der Waals surface area (Å²) in [6.07, 6.45) is 0.208. The molecule has 0 bridgehead atoms. The average Bonchev–Trinajstić information content (AvgIpc) is 3.54. The van der Waals surface area contributed by atoms with E-state index in [2.05, 4.69) is 25.5 Å². The van der Waals surface area contributed by atoms with Crippen molar-refractivity contribution in [2.45, 2.75) is 29.6 Å². The highest BCUT2D eigenvalue weighted by atomic mass is 32.2. The molecule has 2 aliphatic rings. The SMILES string of the molecule is C[C@@H](O/N=C(\C(=O)NC1C(=O)N2C(C(=O)[O-])=C(CSc3nc(N)cc4n3nc[n+]4C)CS[C@H]12)c1csc(N)n1)C(=O)O. The number of nitrogens with two attached hydrogens (primary N) is 2. The lowest BCUT2D eigenvalue weighted by Gasteiger charge is -2.50. The van der Waals surface area contributed by atoms with Gasteiger partial charge in [0.15, 0.2) is 10.8 Å². The Morgan fingerprint density at radius 3 is 2.81 bits per heavy atom. The number of carbonyl (C=O) groups excluding carboxylic acids is 3. The van der Waals surface area contributed by atoms with Crippen LogP contribution in [0.4, 0.5) is 10.9 Å². The van der Waals surface area contributed by atoms with Crippen molar-refractivity contribution in [3.63, 3.8) is 0 Å². The molecular formula is C22H22N10O7S3. The van der Waals surface area contributed by atoms with Crippen LogP contribution in [0.3, 0.4) is 0 Å². The molecule has 1 saturated heterocycles. The molecule has 6 N–H and O–H groups in total. The van der Waals surface area contributed by atoms with Gasteiger partial charge in [-0.05, 0) is 17.0 Å². The number of carboxylic acid groups (broad SMARTS) is 2. The van der Waals surface area contributed by atoms with Crippen molar-refractivity contribution in [2.75, 3.05) is 23.0 Å². The largest absolute Gasteiger partial charge is 0.543 e. The van der Waals surface area contributed by atoms with Crippen molar-refractivity contribution in [1.82, 2.24) is 29.8 Å². The van der Waals surface area contributed by atoms with Crippen molar-refractivity contribution in [1.29, 1.82) is 0 Å². The lowest BCUT2D eigenvalue weighted by atomic mass is 10.0. The quantitative estimate of drug-likeness (QED) is 0.0452. The number of anilines is 2. The van der Waals surface area contributed by atoms with Crippen LogP contribution >= 0.6 is 34.9 Å². The van der Waals surface area contributed by atoms with Gasteiger partial charge < -0.3 is 36.6 Å². The van der Waals surface area contributed by atoms with E-state index in [1.54, 1.807) is 28.5 Å². The van der Waals surface area contributed by atoms with Gasteiger partial charge in [-0.15, -0.1) is 23.1 Å². The maximum Gasteiger partial charge on any atom is 0.347 e. The molecule has 220 valence electrons. The number of rotatable bonds is 10. The Morgan fingerprint density at radius 2 is 2.14 bits per heavy atom. The summed E-state index contributed by atoms with van der Waals surface area (Å²) in [5, 5.41) is 32.9. The van der Waals surface area contributed by atoms with Crippen LogP contribution in [0.2, 0.25) is 0 Å². The molecule has 42 heavy (non-hydrogen) atoms. The van der Waals surface area contributed by atoms with E-state index < -0.39 is 47.0 Å². The fraction of sp³-hybridized carbons (Fsp3) is 0.318. The first-order valence-corrected chi connectivity index (χ1v) is 14.9. The number of carboxylic acids is 2. The van der Waals surface area contributed by atoms with E-state index in [9.17, 15) is 24.3 Å². The van der Waals surface area contributed by atoms with Gasteiger partial charge in [0.05, 0.1) is 24.8 Å². The first-order chi connectivity index (χ1) is 20.0. The minimum atomic E-state index is -1.54. The predicted octanol–water partition coefficient (Wildman–Crippen LogP) is -2.44. The van der Waals surface area contributed by atoms with Gasteiger partial charge in [0.25, 0.3) is 28.9 Å². The van der Waals surface area contributed by atoms with Crippen LogP contribution in [0.15, 0.2) is 39.4 Å². The number of β-lactam (4-membered cyclic amide) rings is 1. The second-order valence-corrected chi connectivity index (χ2v) is 11.9. The molecule has 0 aromatic carbocycles. The smallest absolute Gasteiger partial charge is 0.347 e. The Morgan fingerprint density at radius 1 is 1.38 bits per heavy atom. The van der Waals surface area contributed by atoms with Crippen LogP contribution in [0.1, 0.15) is 12.6 Å². The van der Waals surface area contributed by atoms with Crippen molar-refractivity contribution in [3.05, 3.63) is 34.7 Å². The minimum absolute atomic E-state index is 0.0113. The Balaban J connectivity index is 1.34. The van der Waals surface area contributed by atoms with E-state index in [-0.39, 0.29) is 33.8 Å². The number of carbonyl (C=O) groups is 4. The zero-order valence-corrected chi connectivity index (χ0v) is 24.2. The van der Waals surface area contributed by atoms with Crippen LogP contribution in [-0.4, -0.2) is 88.1 Å². The van der Waals surface area contributed by atoms with Crippen LogP contribution in [0.5, 0.6) is 0 Å². The summed E-state index contributed by atoms with van der Waals surface area (Å²) >= 11 is 3.46. The van der Waals surface area contributed by atoms with Crippen molar-refractivity contribution in [2.24, 2.45) is 12.2 Å². The molecule has 0 spiro atoms. The summed E-state index contributed by atoms with van der Waals surface area (Å²) in [5.74, 6) is -3.79. The number of oxime groups is 1. The van der Waals surface area contributed by atoms with Crippen molar-refractivity contribution >= 4 is 80.9 Å². The van der Waals surface area contributed by atoms with Gasteiger partial charge in [-0.3, -0.25) is 14.5 Å². The number of aromatic nitrogens is 5. The van der Waals surface area contributed by atoms with Gasteiger partial charge in [0.2, 0.25) is 6.10 Å². The fourth-order valence-corrected chi connectivity index (χ4v) is 7.04. The number of aryl methyl sites for hydroxylation is 1. The topological polar surface area (TPSA) is 247 Å². The number of thioether (sulfide) groups is 2. The number of fused-ring (bicyclic) bond motifs is 2. The van der Waals surface area contributed by atoms with Crippen LogP contribution in [0, 0.1) is 0 Å². The summed E-state index contributed by atoms with van der Waals surface area (Å²) in [7, 11) is 1.79. The van der Waals surface area contributed by atoms with E-state index in [1.165, 1.54) is 35.8 Å². The number of amides is 2. The molecule has 5 rings (SSSR count). The Kier molecular flexibility index (Phi) is 7.93. The molecule has 0 aliphatic carbocycles. The summed E-state index contributed by atoms with van der Waals surface area (Å²) in [5.41, 5.74) is 12.0. The molecule has 3 aromatic heterocycles. The minimum Gasteiger partial charge on any atom is -0.543 e. The lowest BCUT2D eigenvalue weighted by molar-refractivity contribution is -0.646. The molecular weight excluding hydrogens is 613 g/mol. The van der Waals surface area contributed by atoms with E-state index in [0.717, 1.165) is 16.2 Å². The number of thiazole rings is 1. The monoisotopic (exact) mass is 634 g/mol. The number of nitrogens with one attached hydrogen (secondary N) is 1. The molecule has 5 heterocycles. The molecule has 3 aromatic rings. The van der Waals surface area contributed by atoms with E-state index in [1.807, 2.05) is 0 Å². The first-order valence-electron chi connectivity index (χ1n) is 12.0. The summed E-state index contributed by atoms with van der Waals surface area (Å²) in [6, 6.07) is 0.540. The number of nitrogens with zero attached hydrogens (tertiary/aromatic N) is 7. The van der Waals surface area contributed by atoms with Crippen LogP contribution in [0.25, 0.3) is 5.65 Å². The molecule has 17 nitrogen and oxygen atoms in total. The first kappa shape index (κ1) is 29.1. The van der Waals surface area contributed by atoms with E-state index in [0.29, 0.717) is 16.4 Å². The fourth-order valence-electron chi connectivity index (χ4n) is 4.04. The second-order valence-electron chi connectivity index (χ2n) is 8.96. The number of hydrogen-bond donors (Lipinski definition) is 4. The molecule has 0 radical (unpaired) electrons. The zero-order valence-electron chi connectivity index (χ0n) is 21.8. The standard InChI is InChI=1S/C22H22N10O7S3/c1-8(19(35)36)39-29-13(10-6-41-21(24)26-10)16(33)28-14-17(34)31-15(20(37)38)9(4-40-18(14)31)5-42-22-27-11(23)3-12-30(2)7-25-32(12)22/h3,6-8,14,18,23H,4-5H2,1-2H3,(H5,24,26,28,33,35,36,37,38)/b29-13-/t8-,14?,18-/m1/s1.